The number of anilines is 1. The van der Waals surface area contributed by atoms with Crippen LogP contribution in [0.25, 0.3) is 22.2 Å². The molecule has 6 nitrogen and oxygen atoms in total. The third kappa shape index (κ3) is 3.81. The van der Waals surface area contributed by atoms with Gasteiger partial charge in [0.15, 0.2) is 11.4 Å². The van der Waals surface area contributed by atoms with Crippen LogP contribution in [0.4, 0.5) is 10.4 Å². The van der Waals surface area contributed by atoms with E-state index in [2.05, 4.69) is 16.4 Å². The normalized spacial score (nSPS) is 10.6. The molecule has 0 fully saturated rings. The SMILES string of the molecule is CCOC(=O)CCCNc1nc2c(C#N)c(C)c(-c3ccccc3)c(F)c2o1. The summed E-state index contributed by atoms with van der Waals surface area (Å²) in [6, 6.07) is 11.2. The number of rotatable bonds is 7. The molecule has 0 aliphatic heterocycles. The number of nitrogens with zero attached hydrogens (tertiary/aromatic N) is 2. The van der Waals surface area contributed by atoms with Crippen molar-refractivity contribution < 1.29 is 18.3 Å². The van der Waals surface area contributed by atoms with Gasteiger partial charge in [0.1, 0.15) is 11.6 Å². The topological polar surface area (TPSA) is 88.1 Å². The molecule has 3 aromatic rings. The number of nitriles is 1. The van der Waals surface area contributed by atoms with Crippen LogP contribution in [-0.4, -0.2) is 24.1 Å². The molecule has 0 radical (unpaired) electrons. The number of aromatic nitrogens is 1. The van der Waals surface area contributed by atoms with Crippen molar-refractivity contribution in [2.45, 2.75) is 26.7 Å². The monoisotopic (exact) mass is 381 g/mol. The van der Waals surface area contributed by atoms with Crippen molar-refractivity contribution in [3.8, 4) is 17.2 Å². The summed E-state index contributed by atoms with van der Waals surface area (Å²) in [7, 11) is 0. The summed E-state index contributed by atoms with van der Waals surface area (Å²) in [5.41, 5.74) is 1.91. The Morgan fingerprint density at radius 3 is 2.79 bits per heavy atom. The van der Waals surface area contributed by atoms with E-state index in [1.54, 1.807) is 38.1 Å². The smallest absolute Gasteiger partial charge is 0.305 e. The van der Waals surface area contributed by atoms with E-state index < -0.39 is 5.82 Å². The largest absolute Gasteiger partial charge is 0.466 e. The zero-order chi connectivity index (χ0) is 20.1. The van der Waals surface area contributed by atoms with Gasteiger partial charge in [0.2, 0.25) is 0 Å². The predicted molar refractivity (Wildman–Crippen MR) is 103 cm³/mol. The Kier molecular flexibility index (Phi) is 5.90. The summed E-state index contributed by atoms with van der Waals surface area (Å²) in [6.45, 7) is 4.20. The van der Waals surface area contributed by atoms with Crippen LogP contribution in [-0.2, 0) is 9.53 Å². The number of oxazole rings is 1. The fourth-order valence-electron chi connectivity index (χ4n) is 3.04. The summed E-state index contributed by atoms with van der Waals surface area (Å²) in [5, 5.41) is 12.5. The van der Waals surface area contributed by atoms with Gasteiger partial charge in [-0.1, -0.05) is 30.3 Å². The van der Waals surface area contributed by atoms with Crippen LogP contribution >= 0.6 is 0 Å². The van der Waals surface area contributed by atoms with Crippen molar-refractivity contribution in [1.82, 2.24) is 4.98 Å². The van der Waals surface area contributed by atoms with Crippen LogP contribution < -0.4 is 5.32 Å². The second kappa shape index (κ2) is 8.53. The first-order chi connectivity index (χ1) is 13.6. The molecule has 28 heavy (non-hydrogen) atoms. The first kappa shape index (κ1) is 19.4. The lowest BCUT2D eigenvalue weighted by atomic mass is 9.95. The highest BCUT2D eigenvalue weighted by molar-refractivity contribution is 5.90. The minimum absolute atomic E-state index is 0.0612. The molecule has 0 bridgehead atoms. The molecule has 7 heteroatoms. The van der Waals surface area contributed by atoms with E-state index in [1.807, 2.05) is 6.07 Å². The standard InChI is InChI=1S/C21H20FN3O3/c1-3-27-16(26)10-7-11-24-21-25-19-15(12-23)13(2)17(18(22)20(19)28-21)14-8-5-4-6-9-14/h4-6,8-9H,3,7,10-11H2,1-2H3,(H,24,25). The summed E-state index contributed by atoms with van der Waals surface area (Å²) in [5.74, 6) is -0.826. The van der Waals surface area contributed by atoms with Crippen molar-refractivity contribution >= 4 is 23.1 Å². The number of hydrogen-bond acceptors (Lipinski definition) is 6. The van der Waals surface area contributed by atoms with Crippen molar-refractivity contribution in [3.05, 3.63) is 47.3 Å². The highest BCUT2D eigenvalue weighted by Crippen LogP contribution is 2.36. The van der Waals surface area contributed by atoms with E-state index in [0.29, 0.717) is 36.3 Å². The molecule has 1 heterocycles. The highest BCUT2D eigenvalue weighted by atomic mass is 19.1. The van der Waals surface area contributed by atoms with Crippen molar-refractivity contribution in [2.24, 2.45) is 0 Å². The average molecular weight is 381 g/mol. The van der Waals surface area contributed by atoms with E-state index in [-0.39, 0.29) is 35.1 Å². The summed E-state index contributed by atoms with van der Waals surface area (Å²) >= 11 is 0. The van der Waals surface area contributed by atoms with E-state index in [4.69, 9.17) is 9.15 Å². The molecule has 0 aliphatic carbocycles. The molecule has 0 unspecified atom stereocenters. The van der Waals surface area contributed by atoms with Crippen LogP contribution in [0.15, 0.2) is 34.7 Å². The van der Waals surface area contributed by atoms with Gasteiger partial charge in [0.25, 0.3) is 6.01 Å². The molecular formula is C21H20FN3O3. The molecule has 0 amide bonds. The van der Waals surface area contributed by atoms with Gasteiger partial charge in [-0.2, -0.15) is 10.2 Å². The highest BCUT2D eigenvalue weighted by Gasteiger charge is 2.23. The molecule has 3 rings (SSSR count). The molecular weight excluding hydrogens is 361 g/mol. The Morgan fingerprint density at radius 2 is 2.11 bits per heavy atom. The minimum Gasteiger partial charge on any atom is -0.466 e. The molecule has 0 saturated heterocycles. The van der Waals surface area contributed by atoms with Crippen molar-refractivity contribution in [1.29, 1.82) is 5.26 Å². The number of nitrogens with one attached hydrogen (secondary N) is 1. The molecule has 0 spiro atoms. The van der Waals surface area contributed by atoms with Gasteiger partial charge >= 0.3 is 5.97 Å². The van der Waals surface area contributed by atoms with Crippen LogP contribution in [0.1, 0.15) is 30.9 Å². The third-order valence-corrected chi connectivity index (χ3v) is 4.35. The number of halogens is 1. The van der Waals surface area contributed by atoms with E-state index in [0.717, 1.165) is 0 Å². The number of hydrogen-bond donors (Lipinski definition) is 1. The van der Waals surface area contributed by atoms with Crippen LogP contribution in [0.5, 0.6) is 0 Å². The summed E-state index contributed by atoms with van der Waals surface area (Å²) < 4.78 is 25.6. The molecule has 0 atom stereocenters. The van der Waals surface area contributed by atoms with Crippen LogP contribution in [0.3, 0.4) is 0 Å². The Hall–Kier alpha value is -3.40. The third-order valence-electron chi connectivity index (χ3n) is 4.35. The number of benzene rings is 2. The Bertz CT molecular complexity index is 1040. The van der Waals surface area contributed by atoms with Gasteiger partial charge in [0.05, 0.1) is 12.2 Å². The lowest BCUT2D eigenvalue weighted by Gasteiger charge is -2.09. The van der Waals surface area contributed by atoms with Gasteiger partial charge in [-0.05, 0) is 31.4 Å². The van der Waals surface area contributed by atoms with Crippen LogP contribution in [0, 0.1) is 24.1 Å². The lowest BCUT2D eigenvalue weighted by Crippen LogP contribution is -2.08. The van der Waals surface area contributed by atoms with Gasteiger partial charge in [-0.25, -0.2) is 4.39 Å². The Labute approximate surface area is 161 Å². The Morgan fingerprint density at radius 1 is 1.36 bits per heavy atom. The fraction of sp³-hybridized carbons (Fsp3) is 0.286. The maximum absolute atomic E-state index is 15.2. The second-order valence-corrected chi connectivity index (χ2v) is 6.20. The quantitative estimate of drug-likeness (QED) is 0.476. The maximum Gasteiger partial charge on any atom is 0.305 e. The predicted octanol–water partition coefficient (Wildman–Crippen LogP) is 4.57. The van der Waals surface area contributed by atoms with Gasteiger partial charge < -0.3 is 14.5 Å². The lowest BCUT2D eigenvalue weighted by molar-refractivity contribution is -0.143. The van der Waals surface area contributed by atoms with Gasteiger partial charge in [0, 0.05) is 18.5 Å². The fourth-order valence-corrected chi connectivity index (χ4v) is 3.04. The van der Waals surface area contributed by atoms with E-state index in [9.17, 15) is 10.1 Å². The average Bonchev–Trinajstić information content (AvgIpc) is 3.11. The van der Waals surface area contributed by atoms with Crippen LogP contribution in [0.2, 0.25) is 0 Å². The van der Waals surface area contributed by atoms with E-state index >= 15 is 4.39 Å². The van der Waals surface area contributed by atoms with E-state index in [1.165, 1.54) is 0 Å². The van der Waals surface area contributed by atoms with Crippen molar-refractivity contribution in [3.63, 3.8) is 0 Å². The zero-order valence-corrected chi connectivity index (χ0v) is 15.7. The Balaban J connectivity index is 1.90. The number of esters is 1. The first-order valence-electron chi connectivity index (χ1n) is 9.04. The number of ether oxygens (including phenoxy) is 1. The molecule has 2 aromatic carbocycles. The van der Waals surface area contributed by atoms with Gasteiger partial charge in [-0.15, -0.1) is 0 Å². The summed E-state index contributed by atoms with van der Waals surface area (Å²) in [4.78, 5) is 15.6. The van der Waals surface area contributed by atoms with Gasteiger partial charge in [-0.3, -0.25) is 4.79 Å². The number of carbonyl (C=O) groups is 1. The molecule has 1 N–H and O–H groups in total. The number of carbonyl (C=O) groups excluding carboxylic acids is 1. The first-order valence-corrected chi connectivity index (χ1v) is 9.04. The summed E-state index contributed by atoms with van der Waals surface area (Å²) in [6.07, 6.45) is 0.773. The molecule has 0 aliphatic rings. The molecule has 0 saturated carbocycles. The minimum atomic E-state index is -0.551. The maximum atomic E-state index is 15.2. The molecule has 1 aromatic heterocycles. The number of fused-ring (bicyclic) bond motifs is 1. The van der Waals surface area contributed by atoms with Crippen molar-refractivity contribution in [2.75, 3.05) is 18.5 Å². The zero-order valence-electron chi connectivity index (χ0n) is 15.7. The second-order valence-electron chi connectivity index (χ2n) is 6.20. The molecule has 144 valence electrons.